The summed E-state index contributed by atoms with van der Waals surface area (Å²) in [7, 11) is -3.26. The van der Waals surface area contributed by atoms with Gasteiger partial charge in [0.15, 0.2) is 9.84 Å². The molecule has 0 bridgehead atoms. The molecule has 1 aromatic heterocycles. The van der Waals surface area contributed by atoms with Crippen LogP contribution in [0.4, 0.5) is 0 Å². The first kappa shape index (κ1) is 24.0. The molecule has 2 aromatic carbocycles. The number of hydrogen-bond donors (Lipinski definition) is 1. The zero-order valence-corrected chi connectivity index (χ0v) is 20.2. The summed E-state index contributed by atoms with van der Waals surface area (Å²) in [5.41, 5.74) is 3.17. The van der Waals surface area contributed by atoms with Crippen LogP contribution in [0.1, 0.15) is 35.3 Å². The van der Waals surface area contributed by atoms with Crippen molar-refractivity contribution in [1.82, 2.24) is 15.1 Å². The van der Waals surface area contributed by atoms with Crippen LogP contribution in [0.3, 0.4) is 0 Å². The molecule has 0 saturated heterocycles. The summed E-state index contributed by atoms with van der Waals surface area (Å²) < 4.78 is 24.8. The summed E-state index contributed by atoms with van der Waals surface area (Å²) >= 11 is 12.4. The van der Waals surface area contributed by atoms with Gasteiger partial charge in [0, 0.05) is 22.9 Å². The van der Waals surface area contributed by atoms with Crippen molar-refractivity contribution in [3.8, 4) is 0 Å². The number of sulfone groups is 1. The first-order valence-electron chi connectivity index (χ1n) is 9.80. The highest BCUT2D eigenvalue weighted by atomic mass is 35.5. The highest BCUT2D eigenvalue weighted by Crippen LogP contribution is 2.23. The van der Waals surface area contributed by atoms with Crippen LogP contribution in [-0.2, 0) is 21.2 Å². The highest BCUT2D eigenvalue weighted by Gasteiger charge is 2.13. The normalized spacial score (nSPS) is 12.8. The first-order valence-corrected chi connectivity index (χ1v) is 12.5. The van der Waals surface area contributed by atoms with Crippen molar-refractivity contribution in [1.29, 1.82) is 0 Å². The van der Waals surface area contributed by atoms with Crippen LogP contribution in [0.2, 0.25) is 10.2 Å². The second kappa shape index (κ2) is 9.90. The molecule has 1 heterocycles. The van der Waals surface area contributed by atoms with Crippen molar-refractivity contribution in [3.63, 3.8) is 0 Å². The maximum absolute atomic E-state index is 12.4. The fourth-order valence-corrected chi connectivity index (χ4v) is 4.19. The third-order valence-corrected chi connectivity index (χ3v) is 6.70. The molecule has 1 N–H and O–H groups in total. The molecule has 0 aliphatic rings. The fraction of sp³-hybridized carbons (Fsp3) is 0.217. The van der Waals surface area contributed by atoms with Gasteiger partial charge in [0.05, 0.1) is 23.2 Å². The largest absolute Gasteiger partial charge is 0.346 e. The van der Waals surface area contributed by atoms with E-state index in [1.54, 1.807) is 22.9 Å². The first-order chi connectivity index (χ1) is 15.0. The Morgan fingerprint density at radius 2 is 1.75 bits per heavy atom. The number of nitrogens with zero attached hydrogens (tertiary/aromatic N) is 2. The van der Waals surface area contributed by atoms with Crippen molar-refractivity contribution < 1.29 is 13.2 Å². The molecule has 0 radical (unpaired) electrons. The van der Waals surface area contributed by atoms with E-state index in [-0.39, 0.29) is 16.8 Å². The molecule has 0 aliphatic heterocycles. The summed E-state index contributed by atoms with van der Waals surface area (Å²) in [6, 6.07) is 13.6. The van der Waals surface area contributed by atoms with Gasteiger partial charge in [-0.05, 0) is 55.3 Å². The van der Waals surface area contributed by atoms with E-state index in [9.17, 15) is 13.2 Å². The predicted octanol–water partition coefficient (Wildman–Crippen LogP) is 4.84. The fourth-order valence-electron chi connectivity index (χ4n) is 3.13. The summed E-state index contributed by atoms with van der Waals surface area (Å²) in [6.07, 6.45) is 4.20. The molecule has 9 heteroatoms. The lowest BCUT2D eigenvalue weighted by Crippen LogP contribution is -2.24. The summed E-state index contributed by atoms with van der Waals surface area (Å²) in [6.45, 7) is 4.13. The lowest BCUT2D eigenvalue weighted by molar-refractivity contribution is -0.117. The van der Waals surface area contributed by atoms with E-state index in [2.05, 4.69) is 10.4 Å². The van der Waals surface area contributed by atoms with Gasteiger partial charge in [-0.3, -0.25) is 4.79 Å². The van der Waals surface area contributed by atoms with Gasteiger partial charge in [-0.15, -0.1) is 0 Å². The smallest absolute Gasteiger partial charge is 0.244 e. The Kier molecular flexibility index (Phi) is 7.44. The van der Waals surface area contributed by atoms with E-state index in [0.29, 0.717) is 28.0 Å². The Hall–Kier alpha value is -2.61. The van der Waals surface area contributed by atoms with Gasteiger partial charge in [0.1, 0.15) is 5.15 Å². The number of rotatable bonds is 7. The number of aryl methyl sites for hydroxylation is 1. The molecule has 0 spiro atoms. The number of amides is 1. The molecule has 32 heavy (non-hydrogen) atoms. The number of benzene rings is 2. The molecular weight excluding hydrogens is 469 g/mol. The van der Waals surface area contributed by atoms with Gasteiger partial charge < -0.3 is 5.32 Å². The number of nitrogens with one attached hydrogen (secondary N) is 1. The molecule has 1 unspecified atom stereocenters. The second-order valence-electron chi connectivity index (χ2n) is 7.48. The Labute approximate surface area is 197 Å². The highest BCUT2D eigenvalue weighted by molar-refractivity contribution is 7.90. The molecule has 168 valence electrons. The van der Waals surface area contributed by atoms with E-state index in [1.165, 1.54) is 18.2 Å². The van der Waals surface area contributed by atoms with Crippen molar-refractivity contribution in [2.75, 3.05) is 6.26 Å². The molecule has 0 fully saturated rings. The molecule has 1 atom stereocenters. The number of halogens is 2. The van der Waals surface area contributed by atoms with Crippen molar-refractivity contribution in [3.05, 3.63) is 87.2 Å². The van der Waals surface area contributed by atoms with Gasteiger partial charge >= 0.3 is 0 Å². The molecule has 3 rings (SSSR count). The van der Waals surface area contributed by atoms with Crippen molar-refractivity contribution in [2.45, 2.75) is 31.3 Å². The quantitative estimate of drug-likeness (QED) is 0.479. The average molecular weight is 492 g/mol. The maximum atomic E-state index is 12.4. The zero-order chi connectivity index (χ0) is 23.5. The molecule has 6 nitrogen and oxygen atoms in total. The minimum Gasteiger partial charge on any atom is -0.346 e. The van der Waals surface area contributed by atoms with Gasteiger partial charge in [-0.1, -0.05) is 47.5 Å². The topological polar surface area (TPSA) is 81.1 Å². The van der Waals surface area contributed by atoms with E-state index in [0.717, 1.165) is 17.4 Å². The second-order valence-corrected chi connectivity index (χ2v) is 10.3. The van der Waals surface area contributed by atoms with Crippen LogP contribution in [0.25, 0.3) is 6.08 Å². The minimum absolute atomic E-state index is 0.236. The third kappa shape index (κ3) is 6.00. The minimum atomic E-state index is -3.26. The Balaban J connectivity index is 1.67. The lowest BCUT2D eigenvalue weighted by Gasteiger charge is -2.13. The summed E-state index contributed by atoms with van der Waals surface area (Å²) in [5.74, 6) is -0.300. The molecule has 0 saturated carbocycles. The molecule has 0 aliphatic carbocycles. The van der Waals surface area contributed by atoms with Gasteiger partial charge in [-0.2, -0.15) is 5.10 Å². The van der Waals surface area contributed by atoms with Crippen molar-refractivity contribution >= 4 is 45.0 Å². The van der Waals surface area contributed by atoms with Crippen LogP contribution in [-0.4, -0.2) is 30.4 Å². The lowest BCUT2D eigenvalue weighted by atomic mass is 10.1. The van der Waals surface area contributed by atoms with Crippen LogP contribution in [0.15, 0.2) is 59.5 Å². The number of aromatic nitrogens is 2. The van der Waals surface area contributed by atoms with E-state index < -0.39 is 9.84 Å². The zero-order valence-electron chi connectivity index (χ0n) is 17.8. The Morgan fingerprint density at radius 1 is 1.12 bits per heavy atom. The predicted molar refractivity (Wildman–Crippen MR) is 128 cm³/mol. The van der Waals surface area contributed by atoms with E-state index in [1.807, 2.05) is 38.1 Å². The van der Waals surface area contributed by atoms with Crippen LogP contribution in [0.5, 0.6) is 0 Å². The van der Waals surface area contributed by atoms with Gasteiger partial charge in [0.25, 0.3) is 0 Å². The summed E-state index contributed by atoms with van der Waals surface area (Å²) in [4.78, 5) is 12.6. The Morgan fingerprint density at radius 3 is 2.34 bits per heavy atom. The molecular formula is C23H23Cl2N3O3S. The number of carbonyl (C=O) groups excluding carboxylic acids is 1. The molecule has 3 aromatic rings. The number of carbonyl (C=O) groups is 1. The van der Waals surface area contributed by atoms with Crippen molar-refractivity contribution in [2.24, 2.45) is 0 Å². The van der Waals surface area contributed by atoms with Gasteiger partial charge in [-0.25, -0.2) is 13.1 Å². The standard InChI is InChI=1S/C23H23Cl2N3O3S/c1-15(18-6-10-20(11-7-18)32(3,30)31)26-22(29)13-12-21-16(2)27-28(23(21)25)14-17-4-8-19(24)9-5-17/h4-13,15H,14H2,1-3H3,(H,26,29)/b13-12+. The van der Waals surface area contributed by atoms with E-state index in [4.69, 9.17) is 23.2 Å². The monoisotopic (exact) mass is 491 g/mol. The third-order valence-electron chi connectivity index (χ3n) is 4.92. The van der Waals surface area contributed by atoms with Gasteiger partial charge in [0.2, 0.25) is 5.91 Å². The Bertz CT molecular complexity index is 1250. The average Bonchev–Trinajstić information content (AvgIpc) is 3.00. The van der Waals surface area contributed by atoms with Crippen LogP contribution >= 0.6 is 23.2 Å². The van der Waals surface area contributed by atoms with E-state index >= 15 is 0 Å². The SMILES string of the molecule is Cc1nn(Cc2ccc(Cl)cc2)c(Cl)c1/C=C/C(=O)NC(C)c1ccc(S(C)(=O)=O)cc1. The number of hydrogen-bond acceptors (Lipinski definition) is 4. The van der Waals surface area contributed by atoms with Crippen LogP contribution in [0, 0.1) is 6.92 Å². The van der Waals surface area contributed by atoms with Crippen LogP contribution < -0.4 is 5.32 Å². The summed E-state index contributed by atoms with van der Waals surface area (Å²) in [5, 5.41) is 8.41. The molecule has 1 amide bonds. The maximum Gasteiger partial charge on any atom is 0.244 e.